The molecule has 0 aliphatic carbocycles. The summed E-state index contributed by atoms with van der Waals surface area (Å²) in [6.07, 6.45) is 1.44. The summed E-state index contributed by atoms with van der Waals surface area (Å²) in [4.78, 5) is 17.2. The second-order valence-electron chi connectivity index (χ2n) is 4.47. The summed E-state index contributed by atoms with van der Waals surface area (Å²) in [6, 6.07) is 8.79. The Morgan fingerprint density at radius 1 is 1.30 bits per heavy atom. The number of benzene rings is 1. The van der Waals surface area contributed by atoms with E-state index in [1.165, 1.54) is 30.5 Å². The van der Waals surface area contributed by atoms with Gasteiger partial charge in [-0.15, -0.1) is 0 Å². The molecule has 0 spiro atoms. The average molecular weight is 295 g/mol. The summed E-state index contributed by atoms with van der Waals surface area (Å²) in [5.74, 6) is -3.64. The van der Waals surface area contributed by atoms with Crippen LogP contribution in [0.25, 0.3) is 0 Å². The summed E-state index contributed by atoms with van der Waals surface area (Å²) in [7, 11) is 0. The minimum Gasteiger partial charge on any atom is -0.300 e. The van der Waals surface area contributed by atoms with Crippen molar-refractivity contribution in [1.29, 1.82) is 0 Å². The first-order valence-electron chi connectivity index (χ1n) is 5.90. The standard InChI is InChI=1S/C14H9ClF2N2O/c15-9-4-5-10-12(7-9)19(8-14(10,16)17)13(20)11-3-1-2-6-18-11/h1-7H,8H2. The van der Waals surface area contributed by atoms with Gasteiger partial charge in [-0.05, 0) is 30.3 Å². The molecular weight excluding hydrogens is 286 g/mol. The van der Waals surface area contributed by atoms with Crippen LogP contribution in [0.3, 0.4) is 0 Å². The van der Waals surface area contributed by atoms with E-state index in [-0.39, 0.29) is 16.9 Å². The summed E-state index contributed by atoms with van der Waals surface area (Å²) in [6.45, 7) is -0.696. The lowest BCUT2D eigenvalue weighted by atomic mass is 10.1. The largest absolute Gasteiger partial charge is 0.300 e. The number of carbonyl (C=O) groups excluding carboxylic acids is 1. The number of hydrogen-bond acceptors (Lipinski definition) is 2. The highest BCUT2D eigenvalue weighted by Crippen LogP contribution is 2.44. The van der Waals surface area contributed by atoms with E-state index in [4.69, 9.17) is 11.6 Å². The molecule has 2 heterocycles. The van der Waals surface area contributed by atoms with Gasteiger partial charge < -0.3 is 4.90 Å². The molecule has 3 nitrogen and oxygen atoms in total. The first-order valence-corrected chi connectivity index (χ1v) is 6.27. The predicted molar refractivity (Wildman–Crippen MR) is 71.3 cm³/mol. The maximum absolute atomic E-state index is 13.9. The highest BCUT2D eigenvalue weighted by Gasteiger charge is 2.46. The Hall–Kier alpha value is -2.01. The molecule has 0 saturated heterocycles. The zero-order valence-electron chi connectivity index (χ0n) is 10.2. The van der Waals surface area contributed by atoms with Gasteiger partial charge in [0.2, 0.25) is 0 Å². The van der Waals surface area contributed by atoms with Crippen molar-refractivity contribution in [3.05, 3.63) is 58.9 Å². The van der Waals surface area contributed by atoms with E-state index in [0.29, 0.717) is 5.02 Å². The van der Waals surface area contributed by atoms with Gasteiger partial charge in [0, 0.05) is 16.8 Å². The van der Waals surface area contributed by atoms with Crippen molar-refractivity contribution in [3.8, 4) is 0 Å². The molecule has 0 saturated carbocycles. The quantitative estimate of drug-likeness (QED) is 0.806. The van der Waals surface area contributed by atoms with Crippen LogP contribution in [-0.2, 0) is 5.92 Å². The number of carbonyl (C=O) groups is 1. The van der Waals surface area contributed by atoms with E-state index in [1.807, 2.05) is 0 Å². The Bertz CT molecular complexity index is 676. The molecule has 1 aliphatic rings. The van der Waals surface area contributed by atoms with Crippen LogP contribution in [0.4, 0.5) is 14.5 Å². The Morgan fingerprint density at radius 3 is 2.80 bits per heavy atom. The SMILES string of the molecule is O=C(c1ccccn1)N1CC(F)(F)c2ccc(Cl)cc21. The van der Waals surface area contributed by atoms with Crippen molar-refractivity contribution in [2.24, 2.45) is 0 Å². The second-order valence-corrected chi connectivity index (χ2v) is 4.91. The minimum absolute atomic E-state index is 0.121. The number of amides is 1. The molecule has 1 aliphatic heterocycles. The number of hydrogen-bond donors (Lipinski definition) is 0. The fourth-order valence-corrected chi connectivity index (χ4v) is 2.38. The zero-order valence-corrected chi connectivity index (χ0v) is 10.9. The Balaban J connectivity index is 2.06. The summed E-state index contributed by atoms with van der Waals surface area (Å²) in [5.41, 5.74) is 0.0699. The molecule has 1 aromatic heterocycles. The molecule has 0 fully saturated rings. The van der Waals surface area contributed by atoms with Crippen LogP contribution < -0.4 is 4.90 Å². The topological polar surface area (TPSA) is 33.2 Å². The molecule has 3 rings (SSSR count). The average Bonchev–Trinajstić information content (AvgIpc) is 2.70. The van der Waals surface area contributed by atoms with Gasteiger partial charge in [0.15, 0.2) is 0 Å². The number of nitrogens with zero attached hydrogens (tertiary/aromatic N) is 2. The van der Waals surface area contributed by atoms with E-state index in [0.717, 1.165) is 4.90 Å². The fourth-order valence-electron chi connectivity index (χ4n) is 2.22. The number of anilines is 1. The Kier molecular flexibility index (Phi) is 2.94. The van der Waals surface area contributed by atoms with Gasteiger partial charge in [-0.1, -0.05) is 17.7 Å². The van der Waals surface area contributed by atoms with Gasteiger partial charge in [-0.25, -0.2) is 0 Å². The molecule has 2 aromatic rings. The van der Waals surface area contributed by atoms with Gasteiger partial charge in [-0.2, -0.15) is 8.78 Å². The van der Waals surface area contributed by atoms with Gasteiger partial charge in [0.25, 0.3) is 11.8 Å². The molecule has 0 N–H and O–H groups in total. The van der Waals surface area contributed by atoms with E-state index in [2.05, 4.69) is 4.98 Å². The van der Waals surface area contributed by atoms with E-state index >= 15 is 0 Å². The predicted octanol–water partition coefficient (Wildman–Crippen LogP) is 3.49. The number of rotatable bonds is 1. The molecule has 0 atom stereocenters. The number of fused-ring (bicyclic) bond motifs is 1. The van der Waals surface area contributed by atoms with E-state index < -0.39 is 18.4 Å². The number of halogens is 3. The summed E-state index contributed by atoms with van der Waals surface area (Å²) in [5, 5.41) is 0.306. The molecule has 0 unspecified atom stereocenters. The van der Waals surface area contributed by atoms with Gasteiger partial charge in [-0.3, -0.25) is 9.78 Å². The van der Waals surface area contributed by atoms with Crippen LogP contribution in [0.2, 0.25) is 5.02 Å². The normalized spacial score (nSPS) is 16.1. The third kappa shape index (κ3) is 2.04. The van der Waals surface area contributed by atoms with Crippen LogP contribution in [0, 0.1) is 0 Å². The van der Waals surface area contributed by atoms with Crippen LogP contribution in [0.5, 0.6) is 0 Å². The summed E-state index contributed by atoms with van der Waals surface area (Å²) >= 11 is 5.83. The van der Waals surface area contributed by atoms with Gasteiger partial charge in [0.1, 0.15) is 5.69 Å². The van der Waals surface area contributed by atoms with Crippen molar-refractivity contribution >= 4 is 23.2 Å². The monoisotopic (exact) mass is 294 g/mol. The molecule has 102 valence electrons. The van der Waals surface area contributed by atoms with Gasteiger partial charge >= 0.3 is 0 Å². The van der Waals surface area contributed by atoms with Crippen molar-refractivity contribution < 1.29 is 13.6 Å². The summed E-state index contributed by atoms with van der Waals surface area (Å²) < 4.78 is 27.9. The lowest BCUT2D eigenvalue weighted by Gasteiger charge is -2.16. The lowest BCUT2D eigenvalue weighted by molar-refractivity contribution is 0.0138. The van der Waals surface area contributed by atoms with Crippen molar-refractivity contribution in [1.82, 2.24) is 4.98 Å². The van der Waals surface area contributed by atoms with E-state index in [1.54, 1.807) is 12.1 Å². The third-order valence-electron chi connectivity index (χ3n) is 3.13. The third-order valence-corrected chi connectivity index (χ3v) is 3.37. The number of pyridine rings is 1. The van der Waals surface area contributed by atoms with Crippen LogP contribution in [-0.4, -0.2) is 17.4 Å². The fraction of sp³-hybridized carbons (Fsp3) is 0.143. The molecule has 0 bridgehead atoms. The Morgan fingerprint density at radius 2 is 2.10 bits per heavy atom. The van der Waals surface area contributed by atoms with Crippen molar-refractivity contribution in [3.63, 3.8) is 0 Å². The highest BCUT2D eigenvalue weighted by atomic mass is 35.5. The van der Waals surface area contributed by atoms with Crippen LogP contribution in [0.1, 0.15) is 16.1 Å². The van der Waals surface area contributed by atoms with Crippen molar-refractivity contribution in [2.45, 2.75) is 5.92 Å². The molecular formula is C14H9ClF2N2O. The smallest absolute Gasteiger partial charge is 0.292 e. The Labute approximate surface area is 118 Å². The molecule has 1 aromatic carbocycles. The van der Waals surface area contributed by atoms with Crippen LogP contribution >= 0.6 is 11.6 Å². The second kappa shape index (κ2) is 4.52. The number of alkyl halides is 2. The highest BCUT2D eigenvalue weighted by molar-refractivity contribution is 6.31. The van der Waals surface area contributed by atoms with Gasteiger partial charge in [0.05, 0.1) is 12.2 Å². The molecule has 6 heteroatoms. The van der Waals surface area contributed by atoms with E-state index in [9.17, 15) is 13.6 Å². The maximum Gasteiger partial charge on any atom is 0.292 e. The first-order chi connectivity index (χ1) is 9.49. The van der Waals surface area contributed by atoms with Crippen molar-refractivity contribution in [2.75, 3.05) is 11.4 Å². The van der Waals surface area contributed by atoms with Crippen LogP contribution in [0.15, 0.2) is 42.6 Å². The minimum atomic E-state index is -3.08. The molecule has 1 amide bonds. The number of aromatic nitrogens is 1. The maximum atomic E-state index is 13.9. The molecule has 0 radical (unpaired) electrons. The zero-order chi connectivity index (χ0) is 14.3. The first kappa shape index (κ1) is 13.0. The molecule has 20 heavy (non-hydrogen) atoms. The lowest BCUT2D eigenvalue weighted by Crippen LogP contribution is -2.33.